The summed E-state index contributed by atoms with van der Waals surface area (Å²) in [6.45, 7) is 6.59. The van der Waals surface area contributed by atoms with Crippen LogP contribution in [-0.4, -0.2) is 47.3 Å². The zero-order chi connectivity index (χ0) is 15.3. The van der Waals surface area contributed by atoms with Gasteiger partial charge in [-0.15, -0.1) is 0 Å². The summed E-state index contributed by atoms with van der Waals surface area (Å²) in [5.74, 6) is 0.157. The number of hydrogen-bond acceptors (Lipinski definition) is 3. The van der Waals surface area contributed by atoms with Crippen LogP contribution in [0.1, 0.15) is 46.5 Å². The van der Waals surface area contributed by atoms with Crippen molar-refractivity contribution < 1.29 is 23.4 Å². The van der Waals surface area contributed by atoms with Crippen LogP contribution in [0.5, 0.6) is 0 Å². The highest BCUT2D eigenvalue weighted by molar-refractivity contribution is 5.68. The van der Waals surface area contributed by atoms with Crippen LogP contribution < -0.4 is 0 Å². The minimum atomic E-state index is -2.69. The highest BCUT2D eigenvalue weighted by Crippen LogP contribution is 2.24. The second-order valence-electron chi connectivity index (χ2n) is 6.41. The first-order valence-corrected chi connectivity index (χ1v) is 7.13. The quantitative estimate of drug-likeness (QED) is 0.866. The van der Waals surface area contributed by atoms with E-state index >= 15 is 0 Å². The lowest BCUT2D eigenvalue weighted by atomic mass is 9.92. The number of amides is 1. The second-order valence-corrected chi connectivity index (χ2v) is 6.41. The Bertz CT molecular complexity index is 318. The first-order chi connectivity index (χ1) is 9.19. The van der Waals surface area contributed by atoms with E-state index in [0.29, 0.717) is 19.5 Å². The summed E-state index contributed by atoms with van der Waals surface area (Å²) >= 11 is 0. The second kappa shape index (κ2) is 7.20. The van der Waals surface area contributed by atoms with Crippen molar-refractivity contribution in [1.82, 2.24) is 4.90 Å². The maximum absolute atomic E-state index is 12.2. The molecule has 1 amide bonds. The van der Waals surface area contributed by atoms with Gasteiger partial charge < -0.3 is 14.7 Å². The third-order valence-corrected chi connectivity index (χ3v) is 3.33. The van der Waals surface area contributed by atoms with E-state index in [9.17, 15) is 13.6 Å². The van der Waals surface area contributed by atoms with Crippen molar-refractivity contribution in [3.8, 4) is 0 Å². The van der Waals surface area contributed by atoms with Gasteiger partial charge in [0.1, 0.15) is 11.7 Å². The van der Waals surface area contributed by atoms with Crippen molar-refractivity contribution in [2.75, 3.05) is 13.1 Å². The largest absolute Gasteiger partial charge is 0.444 e. The fourth-order valence-corrected chi connectivity index (χ4v) is 2.33. The van der Waals surface area contributed by atoms with Gasteiger partial charge in [0.25, 0.3) is 6.43 Å². The van der Waals surface area contributed by atoms with Gasteiger partial charge in [-0.05, 0) is 52.4 Å². The van der Waals surface area contributed by atoms with Gasteiger partial charge in [0.05, 0.1) is 0 Å². The van der Waals surface area contributed by atoms with Crippen molar-refractivity contribution in [2.24, 2.45) is 5.92 Å². The van der Waals surface area contributed by atoms with E-state index < -0.39 is 18.1 Å². The molecule has 1 aliphatic heterocycles. The van der Waals surface area contributed by atoms with Crippen molar-refractivity contribution in [2.45, 2.75) is 64.6 Å². The summed E-state index contributed by atoms with van der Waals surface area (Å²) in [6.07, 6.45) is -2.29. The third-order valence-electron chi connectivity index (χ3n) is 3.33. The fourth-order valence-electron chi connectivity index (χ4n) is 2.33. The van der Waals surface area contributed by atoms with E-state index in [4.69, 9.17) is 9.84 Å². The van der Waals surface area contributed by atoms with Crippen molar-refractivity contribution in [3.05, 3.63) is 0 Å². The minimum absolute atomic E-state index is 0.0739. The molecule has 0 bridgehead atoms. The molecular formula is C14H25F2NO3. The van der Waals surface area contributed by atoms with Gasteiger partial charge in [0, 0.05) is 13.1 Å². The Balaban J connectivity index is 2.40. The average molecular weight is 293 g/mol. The third kappa shape index (κ3) is 6.03. The Labute approximate surface area is 119 Å². The maximum atomic E-state index is 12.2. The summed E-state index contributed by atoms with van der Waals surface area (Å²) in [4.78, 5) is 13.6. The van der Waals surface area contributed by atoms with E-state index in [-0.39, 0.29) is 18.4 Å². The van der Waals surface area contributed by atoms with E-state index in [1.54, 1.807) is 4.90 Å². The fraction of sp³-hybridized carbons (Fsp3) is 0.929. The molecule has 1 fully saturated rings. The number of aliphatic hydroxyl groups excluding tert-OH is 1. The number of carbonyl (C=O) groups is 1. The number of piperidine rings is 1. The molecule has 20 heavy (non-hydrogen) atoms. The van der Waals surface area contributed by atoms with Crippen LogP contribution in [0.3, 0.4) is 0 Å². The van der Waals surface area contributed by atoms with Crippen LogP contribution in [0.2, 0.25) is 0 Å². The van der Waals surface area contributed by atoms with Gasteiger partial charge in [0.2, 0.25) is 0 Å². The standard InChI is InChI=1S/C14H25F2NO3/c1-14(2,3)20-13(19)17-8-4-5-10(9-17)6-7-11(18)12(15)16/h10-12,18H,4-9H2,1-3H3. The van der Waals surface area contributed by atoms with Crippen LogP contribution >= 0.6 is 0 Å². The molecule has 4 nitrogen and oxygen atoms in total. The van der Waals surface area contributed by atoms with Crippen LogP contribution in [0.15, 0.2) is 0 Å². The number of alkyl halides is 2. The van der Waals surface area contributed by atoms with Gasteiger partial charge >= 0.3 is 6.09 Å². The van der Waals surface area contributed by atoms with Gasteiger partial charge in [-0.3, -0.25) is 0 Å². The molecule has 1 saturated heterocycles. The number of aliphatic hydroxyl groups is 1. The molecule has 0 spiro atoms. The number of hydrogen-bond donors (Lipinski definition) is 1. The molecule has 0 aromatic carbocycles. The molecule has 118 valence electrons. The first-order valence-electron chi connectivity index (χ1n) is 7.13. The Morgan fingerprint density at radius 3 is 2.65 bits per heavy atom. The molecule has 2 atom stereocenters. The highest BCUT2D eigenvalue weighted by atomic mass is 19.3. The lowest BCUT2D eigenvalue weighted by Gasteiger charge is -2.34. The summed E-state index contributed by atoms with van der Waals surface area (Å²) in [6, 6.07) is 0. The average Bonchev–Trinajstić information content (AvgIpc) is 2.34. The number of rotatable bonds is 4. The van der Waals surface area contributed by atoms with Crippen LogP contribution in [0, 0.1) is 5.92 Å². The summed E-state index contributed by atoms with van der Waals surface area (Å²) in [5.41, 5.74) is -0.532. The van der Waals surface area contributed by atoms with Crippen molar-refractivity contribution in [3.63, 3.8) is 0 Å². The number of carbonyl (C=O) groups excluding carboxylic acids is 1. The van der Waals surface area contributed by atoms with Crippen molar-refractivity contribution >= 4 is 6.09 Å². The number of ether oxygens (including phenoxy) is 1. The molecule has 0 radical (unpaired) electrons. The summed E-state index contributed by atoms with van der Waals surface area (Å²) in [5, 5.41) is 9.13. The molecule has 1 aliphatic rings. The predicted molar refractivity (Wildman–Crippen MR) is 71.8 cm³/mol. The molecule has 2 unspecified atom stereocenters. The van der Waals surface area contributed by atoms with Crippen LogP contribution in [0.25, 0.3) is 0 Å². The monoisotopic (exact) mass is 293 g/mol. The molecule has 1 rings (SSSR count). The first kappa shape index (κ1) is 17.1. The summed E-state index contributed by atoms with van der Waals surface area (Å²) in [7, 11) is 0. The zero-order valence-corrected chi connectivity index (χ0v) is 12.4. The molecule has 1 heterocycles. The van der Waals surface area contributed by atoms with E-state index in [1.807, 2.05) is 20.8 Å². The lowest BCUT2D eigenvalue weighted by Crippen LogP contribution is -2.43. The number of nitrogens with zero attached hydrogens (tertiary/aromatic N) is 1. The molecule has 0 aromatic rings. The lowest BCUT2D eigenvalue weighted by molar-refractivity contribution is -0.0152. The SMILES string of the molecule is CC(C)(C)OC(=O)N1CCCC(CCC(O)C(F)F)C1. The van der Waals surface area contributed by atoms with Gasteiger partial charge in [0.15, 0.2) is 0 Å². The van der Waals surface area contributed by atoms with Crippen molar-refractivity contribution in [1.29, 1.82) is 0 Å². The van der Waals surface area contributed by atoms with Crippen LogP contribution in [0.4, 0.5) is 13.6 Å². The Kier molecular flexibility index (Phi) is 6.17. The molecule has 0 aliphatic carbocycles. The molecule has 6 heteroatoms. The molecule has 1 N–H and O–H groups in total. The Morgan fingerprint density at radius 2 is 2.10 bits per heavy atom. The molecular weight excluding hydrogens is 268 g/mol. The van der Waals surface area contributed by atoms with Crippen LogP contribution in [-0.2, 0) is 4.74 Å². The Morgan fingerprint density at radius 1 is 1.45 bits per heavy atom. The van der Waals surface area contributed by atoms with Gasteiger partial charge in [-0.1, -0.05) is 0 Å². The van der Waals surface area contributed by atoms with E-state index in [1.165, 1.54) is 0 Å². The predicted octanol–water partition coefficient (Wildman–Crippen LogP) is 3.04. The van der Waals surface area contributed by atoms with Gasteiger partial charge in [-0.2, -0.15) is 0 Å². The number of likely N-dealkylation sites (tertiary alicyclic amines) is 1. The zero-order valence-electron chi connectivity index (χ0n) is 12.4. The van der Waals surface area contributed by atoms with E-state index in [0.717, 1.165) is 12.8 Å². The summed E-state index contributed by atoms with van der Waals surface area (Å²) < 4.78 is 29.8. The smallest absolute Gasteiger partial charge is 0.410 e. The number of halogens is 2. The molecule has 0 aromatic heterocycles. The normalized spacial score (nSPS) is 21.9. The van der Waals surface area contributed by atoms with E-state index in [2.05, 4.69) is 0 Å². The Hall–Kier alpha value is -0.910. The molecule has 0 saturated carbocycles. The maximum Gasteiger partial charge on any atom is 0.410 e. The highest BCUT2D eigenvalue weighted by Gasteiger charge is 2.28. The minimum Gasteiger partial charge on any atom is -0.444 e. The van der Waals surface area contributed by atoms with Gasteiger partial charge in [-0.25, -0.2) is 13.6 Å². The topological polar surface area (TPSA) is 49.8 Å².